The number of carbonyl (C=O) groups is 2. The minimum absolute atomic E-state index is 0.0339. The van der Waals surface area contributed by atoms with Crippen LogP contribution in [0.1, 0.15) is 25.7 Å². The highest BCUT2D eigenvalue weighted by Gasteiger charge is 2.28. The third-order valence-corrected chi connectivity index (χ3v) is 7.04. The lowest BCUT2D eigenvalue weighted by molar-refractivity contribution is 0.110. The summed E-state index contributed by atoms with van der Waals surface area (Å²) in [5, 5.41) is 17.2. The van der Waals surface area contributed by atoms with E-state index in [2.05, 4.69) is 20.6 Å². The highest BCUT2D eigenvalue weighted by atomic mass is 35.5. The Labute approximate surface area is 207 Å². The molecular formula is C24H28ClN7O3. The number of nitrogens with zero attached hydrogens (tertiary/aromatic N) is 4. The third kappa shape index (κ3) is 5.12. The Morgan fingerprint density at radius 2 is 1.83 bits per heavy atom. The quantitative estimate of drug-likeness (QED) is 0.431. The second kappa shape index (κ2) is 9.99. The Bertz CT molecular complexity index is 1220. The first-order valence-electron chi connectivity index (χ1n) is 11.9. The van der Waals surface area contributed by atoms with Gasteiger partial charge in [0.2, 0.25) is 5.95 Å². The molecule has 1 saturated carbocycles. The molecule has 1 aromatic carbocycles. The van der Waals surface area contributed by atoms with Crippen molar-refractivity contribution in [3.63, 3.8) is 0 Å². The van der Waals surface area contributed by atoms with Gasteiger partial charge in [0.15, 0.2) is 0 Å². The number of benzene rings is 1. The summed E-state index contributed by atoms with van der Waals surface area (Å²) in [5.74, 6) is 0.511. The summed E-state index contributed by atoms with van der Waals surface area (Å²) in [7, 11) is 0. The molecule has 184 valence electrons. The molecule has 35 heavy (non-hydrogen) atoms. The number of urea groups is 1. The normalized spacial score (nSPS) is 20.6. The van der Waals surface area contributed by atoms with Crippen LogP contribution in [0.15, 0.2) is 36.7 Å². The van der Waals surface area contributed by atoms with Crippen LogP contribution in [0.2, 0.25) is 5.02 Å². The topological polar surface area (TPSA) is 126 Å². The van der Waals surface area contributed by atoms with Crippen molar-refractivity contribution >= 4 is 40.6 Å². The molecular weight excluding hydrogens is 470 g/mol. The van der Waals surface area contributed by atoms with Gasteiger partial charge in [-0.1, -0.05) is 29.8 Å². The number of hydrogen-bond acceptors (Lipinski definition) is 5. The minimum Gasteiger partial charge on any atom is -0.465 e. The fourth-order valence-corrected chi connectivity index (χ4v) is 5.09. The second-order valence-electron chi connectivity index (χ2n) is 9.05. The maximum atomic E-state index is 12.7. The van der Waals surface area contributed by atoms with Gasteiger partial charge in [0, 0.05) is 60.9 Å². The van der Waals surface area contributed by atoms with E-state index in [1.165, 1.54) is 4.90 Å². The highest BCUT2D eigenvalue weighted by Crippen LogP contribution is 2.32. The largest absolute Gasteiger partial charge is 0.465 e. The fourth-order valence-electron chi connectivity index (χ4n) is 4.89. The van der Waals surface area contributed by atoms with E-state index in [-0.39, 0.29) is 18.1 Å². The van der Waals surface area contributed by atoms with Crippen molar-refractivity contribution in [3.8, 4) is 11.3 Å². The monoisotopic (exact) mass is 497 g/mol. The van der Waals surface area contributed by atoms with Gasteiger partial charge in [-0.15, -0.1) is 0 Å². The number of aromatic amines is 1. The van der Waals surface area contributed by atoms with Crippen molar-refractivity contribution in [2.75, 3.05) is 31.5 Å². The molecule has 2 aliphatic rings. The summed E-state index contributed by atoms with van der Waals surface area (Å²) in [4.78, 5) is 39.2. The van der Waals surface area contributed by atoms with E-state index in [4.69, 9.17) is 21.7 Å². The standard InChI is InChI=1S/C24H28ClN7O3/c25-19-14-27-22(30-21(19)18-13-26-20-7-2-1-6-17(18)20)28-15-4-3-5-16(12-15)29-23(33)31-8-10-32(11-9-31)24(34)35/h1-2,6-7,13-16,26H,3-5,8-12H2,(H,29,33)(H,34,35)(H,27,28,30)/t15-,16+/m1/s1. The number of para-hydroxylation sites is 1. The van der Waals surface area contributed by atoms with Crippen molar-refractivity contribution in [1.29, 1.82) is 0 Å². The lowest BCUT2D eigenvalue weighted by Gasteiger charge is -2.36. The number of H-pyrrole nitrogens is 1. The number of amides is 3. The first-order valence-corrected chi connectivity index (χ1v) is 12.2. The molecule has 3 heterocycles. The lowest BCUT2D eigenvalue weighted by atomic mass is 9.91. The summed E-state index contributed by atoms with van der Waals surface area (Å²) in [5.41, 5.74) is 2.61. The van der Waals surface area contributed by atoms with Gasteiger partial charge in [0.25, 0.3) is 0 Å². The molecule has 10 nitrogen and oxygen atoms in total. The van der Waals surface area contributed by atoms with E-state index >= 15 is 0 Å². The molecule has 1 saturated heterocycles. The molecule has 0 radical (unpaired) electrons. The summed E-state index contributed by atoms with van der Waals surface area (Å²) < 4.78 is 0. The van der Waals surface area contributed by atoms with Crippen molar-refractivity contribution < 1.29 is 14.7 Å². The molecule has 11 heteroatoms. The number of nitrogens with one attached hydrogen (secondary N) is 3. The van der Waals surface area contributed by atoms with Gasteiger partial charge in [-0.05, 0) is 31.7 Å². The van der Waals surface area contributed by atoms with Gasteiger partial charge < -0.3 is 30.5 Å². The fraction of sp³-hybridized carbons (Fsp3) is 0.417. The Kier molecular flexibility index (Phi) is 6.63. The molecule has 2 fully saturated rings. The van der Waals surface area contributed by atoms with Crippen LogP contribution in [0.3, 0.4) is 0 Å². The van der Waals surface area contributed by atoms with Gasteiger partial charge in [-0.3, -0.25) is 0 Å². The smallest absolute Gasteiger partial charge is 0.407 e. The van der Waals surface area contributed by atoms with Crippen molar-refractivity contribution in [2.24, 2.45) is 0 Å². The Morgan fingerprint density at radius 3 is 2.63 bits per heavy atom. The maximum absolute atomic E-state index is 12.7. The van der Waals surface area contributed by atoms with Crippen LogP contribution in [-0.2, 0) is 0 Å². The molecule has 0 unspecified atom stereocenters. The summed E-state index contributed by atoms with van der Waals surface area (Å²) in [6.45, 7) is 1.48. The van der Waals surface area contributed by atoms with Gasteiger partial charge in [-0.25, -0.2) is 19.6 Å². The Morgan fingerprint density at radius 1 is 1.09 bits per heavy atom. The van der Waals surface area contributed by atoms with E-state index in [0.717, 1.165) is 42.1 Å². The van der Waals surface area contributed by atoms with Crippen LogP contribution < -0.4 is 10.6 Å². The number of carboxylic acid groups (broad SMARTS) is 1. The average molecular weight is 498 g/mol. The molecule has 2 atom stereocenters. The van der Waals surface area contributed by atoms with Gasteiger partial charge in [-0.2, -0.15) is 0 Å². The van der Waals surface area contributed by atoms with Gasteiger partial charge >= 0.3 is 12.1 Å². The van der Waals surface area contributed by atoms with Crippen molar-refractivity contribution in [2.45, 2.75) is 37.8 Å². The lowest BCUT2D eigenvalue weighted by Crippen LogP contribution is -2.55. The first-order chi connectivity index (χ1) is 17.0. The zero-order chi connectivity index (χ0) is 24.4. The summed E-state index contributed by atoms with van der Waals surface area (Å²) in [6.07, 6.45) is 6.17. The SMILES string of the molecule is O=C(O)N1CCN(C(=O)N[C@H]2CCC[C@@H](Nc3ncc(Cl)c(-c4c[nH]c5ccccc45)n3)C2)CC1. The van der Waals surface area contributed by atoms with Crippen LogP contribution in [0.25, 0.3) is 22.2 Å². The highest BCUT2D eigenvalue weighted by molar-refractivity contribution is 6.33. The van der Waals surface area contributed by atoms with E-state index in [0.29, 0.717) is 42.8 Å². The number of hydrogen-bond donors (Lipinski definition) is 4. The maximum Gasteiger partial charge on any atom is 0.407 e. The third-order valence-electron chi connectivity index (χ3n) is 6.76. The van der Waals surface area contributed by atoms with E-state index in [1.54, 1.807) is 11.1 Å². The molecule has 4 N–H and O–H groups in total. The van der Waals surface area contributed by atoms with Crippen LogP contribution in [0, 0.1) is 0 Å². The zero-order valence-electron chi connectivity index (χ0n) is 19.2. The molecule has 3 amide bonds. The number of carbonyl (C=O) groups excluding carboxylic acids is 1. The minimum atomic E-state index is -0.941. The second-order valence-corrected chi connectivity index (χ2v) is 9.46. The summed E-state index contributed by atoms with van der Waals surface area (Å²) >= 11 is 6.46. The number of piperazine rings is 1. The molecule has 1 aliphatic carbocycles. The number of anilines is 1. The molecule has 0 bridgehead atoms. The number of fused-ring (bicyclic) bond motifs is 1. The predicted octanol–water partition coefficient (Wildman–Crippen LogP) is 4.01. The molecule has 5 rings (SSSR count). The van der Waals surface area contributed by atoms with Crippen LogP contribution in [-0.4, -0.2) is 80.2 Å². The van der Waals surface area contributed by atoms with Gasteiger partial charge in [0.05, 0.1) is 16.9 Å². The number of aromatic nitrogens is 3. The van der Waals surface area contributed by atoms with E-state index in [1.807, 2.05) is 30.5 Å². The average Bonchev–Trinajstić information content (AvgIpc) is 3.29. The Hall–Kier alpha value is -3.53. The Balaban J connectivity index is 1.21. The molecule has 1 aliphatic heterocycles. The van der Waals surface area contributed by atoms with E-state index in [9.17, 15) is 9.59 Å². The predicted molar refractivity (Wildman–Crippen MR) is 134 cm³/mol. The summed E-state index contributed by atoms with van der Waals surface area (Å²) in [6, 6.07) is 8.02. The molecule has 3 aromatic rings. The number of halogens is 1. The van der Waals surface area contributed by atoms with Crippen LogP contribution >= 0.6 is 11.6 Å². The van der Waals surface area contributed by atoms with E-state index < -0.39 is 6.09 Å². The molecule has 0 spiro atoms. The number of rotatable bonds is 4. The van der Waals surface area contributed by atoms with Crippen LogP contribution in [0.4, 0.5) is 15.5 Å². The van der Waals surface area contributed by atoms with Crippen LogP contribution in [0.5, 0.6) is 0 Å². The first kappa shape index (κ1) is 23.2. The van der Waals surface area contributed by atoms with Gasteiger partial charge in [0.1, 0.15) is 0 Å². The van der Waals surface area contributed by atoms with Crippen molar-refractivity contribution in [1.82, 2.24) is 30.1 Å². The zero-order valence-corrected chi connectivity index (χ0v) is 20.0. The van der Waals surface area contributed by atoms with Crippen molar-refractivity contribution in [3.05, 3.63) is 41.7 Å². The molecule has 2 aromatic heterocycles.